The predicted octanol–water partition coefficient (Wildman–Crippen LogP) is -3.87. The Labute approximate surface area is 303 Å². The van der Waals surface area contributed by atoms with Gasteiger partial charge in [0.2, 0.25) is 0 Å². The summed E-state index contributed by atoms with van der Waals surface area (Å²) in [7, 11) is 0. The lowest BCUT2D eigenvalue weighted by molar-refractivity contribution is -0.170. The first-order chi connectivity index (χ1) is 24.6. The van der Waals surface area contributed by atoms with E-state index >= 15 is 0 Å². The summed E-state index contributed by atoms with van der Waals surface area (Å²) in [6.07, 6.45) is -8.05. The van der Waals surface area contributed by atoms with Gasteiger partial charge in [-0.05, 0) is 0 Å². The summed E-state index contributed by atoms with van der Waals surface area (Å²) in [5.41, 5.74) is -8.22. The normalized spacial score (nSPS) is 10.2. The zero-order valence-corrected chi connectivity index (χ0v) is 27.5. The number of carboxylic acid groups (broad SMARTS) is 13. The number of aliphatic carboxylic acids is 13. The lowest BCUT2D eigenvalue weighted by atomic mass is 9.96. The molecule has 0 aliphatic heterocycles. The molecule has 0 amide bonds. The van der Waals surface area contributed by atoms with Gasteiger partial charge in [-0.1, -0.05) is 0 Å². The van der Waals surface area contributed by atoms with Crippen molar-refractivity contribution in [2.45, 2.75) is 81.0 Å². The number of hydrogen-bond acceptors (Lipinski definition) is 16. The van der Waals surface area contributed by atoms with Gasteiger partial charge in [-0.3, -0.25) is 47.9 Å². The Balaban J connectivity index is -0.000000193. The Morgan fingerprint density at radius 2 is 0.345 bits per heavy atom. The van der Waals surface area contributed by atoms with Crippen LogP contribution in [0.3, 0.4) is 0 Å². The van der Waals surface area contributed by atoms with Crippen molar-refractivity contribution in [2.24, 2.45) is 0 Å². The highest BCUT2D eigenvalue weighted by Crippen LogP contribution is 2.17. The van der Waals surface area contributed by atoms with Crippen molar-refractivity contribution >= 4 is 77.6 Å². The van der Waals surface area contributed by atoms with Crippen LogP contribution in [0, 0.1) is 0 Å². The minimum absolute atomic E-state index is 0.296. The average molecular weight is 813 g/mol. The summed E-state index contributed by atoms with van der Waals surface area (Å²) >= 11 is 0. The van der Waals surface area contributed by atoms with Crippen molar-refractivity contribution in [1.29, 1.82) is 0 Å². The van der Waals surface area contributed by atoms with E-state index in [1.54, 1.807) is 0 Å². The van der Waals surface area contributed by atoms with Crippen molar-refractivity contribution in [3.63, 3.8) is 0 Å². The molecule has 0 fully saturated rings. The summed E-state index contributed by atoms with van der Waals surface area (Å²) in [5.74, 6) is -19.4. The van der Waals surface area contributed by atoms with E-state index in [2.05, 4.69) is 0 Å². The SMILES string of the molecule is O=C(O)CC(O)(CC(=O)O)C(=O)O.O=C(O)CC(O)(CC(=O)O)C(=O)O.O=C(O)CC(O)(CC(=O)O)C(=O)O.O=C(O)CCC(=O)O.O=C(O)CCC(=O)O. The van der Waals surface area contributed by atoms with E-state index in [4.69, 9.17) is 81.7 Å². The summed E-state index contributed by atoms with van der Waals surface area (Å²) in [6.45, 7) is 0. The van der Waals surface area contributed by atoms with E-state index < -0.39 is 133 Å². The van der Waals surface area contributed by atoms with Gasteiger partial charge in [0.1, 0.15) is 0 Å². The van der Waals surface area contributed by atoms with Crippen LogP contribution in [-0.4, -0.2) is 176 Å². The minimum Gasteiger partial charge on any atom is -0.481 e. The smallest absolute Gasteiger partial charge is 0.336 e. The largest absolute Gasteiger partial charge is 0.481 e. The van der Waals surface area contributed by atoms with E-state index in [0.29, 0.717) is 0 Å². The molecule has 0 aromatic heterocycles. The Hall–Kier alpha value is -7.01. The van der Waals surface area contributed by atoms with Gasteiger partial charge in [-0.25, -0.2) is 14.4 Å². The maximum absolute atomic E-state index is 10.3. The molecule has 29 heteroatoms. The number of carboxylic acids is 13. The van der Waals surface area contributed by atoms with Crippen LogP contribution in [0.4, 0.5) is 0 Å². The monoisotopic (exact) mass is 812 g/mol. The van der Waals surface area contributed by atoms with Gasteiger partial charge in [0.15, 0.2) is 16.8 Å². The molecule has 0 spiro atoms. The second-order valence-corrected chi connectivity index (χ2v) is 10.0. The summed E-state index contributed by atoms with van der Waals surface area (Å²) < 4.78 is 0. The first-order valence-electron chi connectivity index (χ1n) is 13.6. The van der Waals surface area contributed by atoms with Crippen molar-refractivity contribution in [3.05, 3.63) is 0 Å². The van der Waals surface area contributed by atoms with Crippen LogP contribution in [0.5, 0.6) is 0 Å². The first-order valence-corrected chi connectivity index (χ1v) is 13.6. The van der Waals surface area contributed by atoms with Gasteiger partial charge in [0.25, 0.3) is 0 Å². The van der Waals surface area contributed by atoms with Crippen LogP contribution in [0.2, 0.25) is 0 Å². The summed E-state index contributed by atoms with van der Waals surface area (Å²) in [5, 5.41) is 133. The third-order valence-corrected chi connectivity index (χ3v) is 4.96. The fourth-order valence-electron chi connectivity index (χ4n) is 2.57. The molecule has 55 heavy (non-hydrogen) atoms. The third-order valence-electron chi connectivity index (χ3n) is 4.96. The number of rotatable bonds is 21. The molecule has 314 valence electrons. The molecule has 0 saturated heterocycles. The molecule has 0 aliphatic rings. The van der Waals surface area contributed by atoms with Crippen molar-refractivity contribution in [2.75, 3.05) is 0 Å². The standard InChI is InChI=1S/3C6H8O7.2C4H6O4/c3*7-3(8)1-6(13,5(11)12)2-4(9)10;2*5-3(6)1-2-4(7)8/h3*13H,1-2H2,(H,7,8)(H,9,10)(H,11,12);2*1-2H2,(H,5,6)(H,7,8). The van der Waals surface area contributed by atoms with Gasteiger partial charge in [-0.15, -0.1) is 0 Å². The number of hydrogen-bond donors (Lipinski definition) is 16. The van der Waals surface area contributed by atoms with Gasteiger partial charge >= 0.3 is 77.6 Å². The Bertz CT molecular complexity index is 1200. The van der Waals surface area contributed by atoms with Crippen molar-refractivity contribution in [1.82, 2.24) is 0 Å². The third kappa shape index (κ3) is 36.6. The van der Waals surface area contributed by atoms with Crippen molar-refractivity contribution < 1.29 is 144 Å². The van der Waals surface area contributed by atoms with Gasteiger partial charge in [0.05, 0.1) is 64.2 Å². The molecule has 0 saturated carbocycles. The second kappa shape index (κ2) is 27.6. The van der Waals surface area contributed by atoms with E-state index in [9.17, 15) is 62.3 Å². The summed E-state index contributed by atoms with van der Waals surface area (Å²) in [4.78, 5) is 130. The molecule has 0 atom stereocenters. The number of aliphatic hydroxyl groups is 3. The molecule has 0 unspecified atom stereocenters. The van der Waals surface area contributed by atoms with Crippen molar-refractivity contribution in [3.8, 4) is 0 Å². The van der Waals surface area contributed by atoms with E-state index in [0.717, 1.165) is 0 Å². The lowest BCUT2D eigenvalue weighted by Crippen LogP contribution is -2.42. The van der Waals surface area contributed by atoms with Gasteiger partial charge in [-0.2, -0.15) is 0 Å². The van der Waals surface area contributed by atoms with Gasteiger partial charge in [0, 0.05) is 0 Å². The molecule has 0 rings (SSSR count). The number of carbonyl (C=O) groups is 13. The average Bonchev–Trinajstić information content (AvgIpc) is 2.93. The van der Waals surface area contributed by atoms with Crippen LogP contribution < -0.4 is 0 Å². The minimum atomic E-state index is -2.74. The second-order valence-electron chi connectivity index (χ2n) is 10.0. The topological polar surface area (TPSA) is 546 Å². The molecule has 0 aromatic rings. The van der Waals surface area contributed by atoms with E-state index in [1.807, 2.05) is 0 Å². The van der Waals surface area contributed by atoms with Crippen LogP contribution in [0.1, 0.15) is 64.2 Å². The maximum Gasteiger partial charge on any atom is 0.336 e. The summed E-state index contributed by atoms with van der Waals surface area (Å²) in [6, 6.07) is 0. The highest BCUT2D eigenvalue weighted by atomic mass is 16.4. The highest BCUT2D eigenvalue weighted by Gasteiger charge is 2.42. The molecule has 16 N–H and O–H groups in total. The molecule has 0 aromatic carbocycles. The fourth-order valence-corrected chi connectivity index (χ4v) is 2.57. The molecule has 0 heterocycles. The first kappa shape index (κ1) is 57.3. The molecule has 29 nitrogen and oxygen atoms in total. The van der Waals surface area contributed by atoms with Crippen LogP contribution in [-0.2, 0) is 62.3 Å². The highest BCUT2D eigenvalue weighted by molar-refractivity contribution is 5.89. The van der Waals surface area contributed by atoms with Crippen LogP contribution in [0.15, 0.2) is 0 Å². The predicted molar refractivity (Wildman–Crippen MR) is 160 cm³/mol. The Kier molecular flexibility index (Phi) is 28.8. The van der Waals surface area contributed by atoms with Crippen LogP contribution >= 0.6 is 0 Å². The molecular weight excluding hydrogens is 776 g/mol. The van der Waals surface area contributed by atoms with E-state index in [-0.39, 0.29) is 25.7 Å². The Morgan fingerprint density at radius 1 is 0.236 bits per heavy atom. The maximum atomic E-state index is 10.3. The zero-order valence-electron chi connectivity index (χ0n) is 27.5. The lowest BCUT2D eigenvalue weighted by Gasteiger charge is -2.18. The molecule has 0 aliphatic carbocycles. The molecular formula is C26H36O29. The molecule has 0 radical (unpaired) electrons. The van der Waals surface area contributed by atoms with E-state index in [1.165, 1.54) is 0 Å². The Morgan fingerprint density at radius 3 is 0.400 bits per heavy atom. The quantitative estimate of drug-likeness (QED) is 0.0527. The fraction of sp³-hybridized carbons (Fsp3) is 0.500. The van der Waals surface area contributed by atoms with Crippen LogP contribution in [0.25, 0.3) is 0 Å². The van der Waals surface area contributed by atoms with Gasteiger partial charge < -0.3 is 81.7 Å². The zero-order chi connectivity index (χ0) is 45.1. The molecule has 0 bridgehead atoms.